The van der Waals surface area contributed by atoms with E-state index in [1.54, 1.807) is 0 Å². The topological polar surface area (TPSA) is 64.7 Å². The largest absolute Gasteiger partial charge is 0.336 e. The molecule has 2 fully saturated rings. The maximum atomic E-state index is 12.4. The van der Waals surface area contributed by atoms with Crippen molar-refractivity contribution in [2.45, 2.75) is 59.0 Å². The first kappa shape index (κ1) is 21.6. The Morgan fingerprint density at radius 1 is 1.17 bits per heavy atom. The van der Waals surface area contributed by atoms with Crippen molar-refractivity contribution >= 4 is 17.6 Å². The first-order valence-electron chi connectivity index (χ1n) is 10.9. The molecule has 29 heavy (non-hydrogen) atoms. The van der Waals surface area contributed by atoms with Gasteiger partial charge >= 0.3 is 6.03 Å². The van der Waals surface area contributed by atoms with E-state index in [0.717, 1.165) is 37.3 Å². The number of piperidine rings is 1. The Bertz CT molecular complexity index is 723. The average Bonchev–Trinajstić information content (AvgIpc) is 3.10. The van der Waals surface area contributed by atoms with Crippen LogP contribution < -0.4 is 15.5 Å². The molecule has 2 atom stereocenters. The van der Waals surface area contributed by atoms with Gasteiger partial charge in [-0.1, -0.05) is 26.0 Å². The Morgan fingerprint density at radius 3 is 2.55 bits per heavy atom. The van der Waals surface area contributed by atoms with Crippen LogP contribution in [0.2, 0.25) is 0 Å². The maximum Gasteiger partial charge on any atom is 0.315 e. The molecule has 2 unspecified atom stereocenters. The molecule has 1 aromatic carbocycles. The Kier molecular flexibility index (Phi) is 6.83. The van der Waals surface area contributed by atoms with Gasteiger partial charge in [-0.2, -0.15) is 0 Å². The molecule has 0 aromatic heterocycles. The van der Waals surface area contributed by atoms with Gasteiger partial charge in [0.05, 0.1) is 0 Å². The lowest BCUT2D eigenvalue weighted by molar-refractivity contribution is -0.117. The number of amides is 3. The molecule has 3 rings (SSSR count). The molecule has 2 aliphatic rings. The van der Waals surface area contributed by atoms with Crippen LogP contribution in [0.3, 0.4) is 0 Å². The van der Waals surface area contributed by atoms with E-state index in [2.05, 4.69) is 43.2 Å². The van der Waals surface area contributed by atoms with Gasteiger partial charge in [-0.05, 0) is 56.2 Å². The van der Waals surface area contributed by atoms with E-state index in [1.807, 2.05) is 29.2 Å². The summed E-state index contributed by atoms with van der Waals surface area (Å²) in [7, 11) is 0. The van der Waals surface area contributed by atoms with Gasteiger partial charge in [0.1, 0.15) is 0 Å². The molecule has 2 aliphatic heterocycles. The minimum Gasteiger partial charge on any atom is -0.336 e. The van der Waals surface area contributed by atoms with Crippen LogP contribution in [0.1, 0.15) is 52.5 Å². The van der Waals surface area contributed by atoms with Gasteiger partial charge in [-0.15, -0.1) is 0 Å². The van der Waals surface area contributed by atoms with Gasteiger partial charge in [0.2, 0.25) is 5.91 Å². The molecule has 6 heteroatoms. The molecule has 2 heterocycles. The summed E-state index contributed by atoms with van der Waals surface area (Å²) >= 11 is 0. The molecule has 0 radical (unpaired) electrons. The third kappa shape index (κ3) is 5.72. The van der Waals surface area contributed by atoms with Crippen molar-refractivity contribution < 1.29 is 9.59 Å². The van der Waals surface area contributed by atoms with Gasteiger partial charge in [-0.25, -0.2) is 4.79 Å². The van der Waals surface area contributed by atoms with Crippen molar-refractivity contribution in [1.29, 1.82) is 0 Å². The lowest BCUT2D eigenvalue weighted by Gasteiger charge is -2.45. The Morgan fingerprint density at radius 2 is 1.90 bits per heavy atom. The Labute approximate surface area is 175 Å². The minimum absolute atomic E-state index is 0.0731. The highest BCUT2D eigenvalue weighted by Crippen LogP contribution is 2.27. The first-order chi connectivity index (χ1) is 13.7. The molecule has 2 saturated heterocycles. The van der Waals surface area contributed by atoms with Crippen molar-refractivity contribution in [3.05, 3.63) is 29.8 Å². The lowest BCUT2D eigenvalue weighted by atomic mass is 9.88. The number of anilines is 1. The van der Waals surface area contributed by atoms with Crippen molar-refractivity contribution in [3.8, 4) is 0 Å². The van der Waals surface area contributed by atoms with E-state index >= 15 is 0 Å². The van der Waals surface area contributed by atoms with Crippen molar-refractivity contribution in [1.82, 2.24) is 15.5 Å². The number of nitrogens with one attached hydrogen (secondary N) is 2. The monoisotopic (exact) mass is 400 g/mol. The van der Waals surface area contributed by atoms with Crippen LogP contribution in [0.4, 0.5) is 10.5 Å². The second kappa shape index (κ2) is 9.16. The van der Waals surface area contributed by atoms with Gasteiger partial charge in [0.25, 0.3) is 0 Å². The van der Waals surface area contributed by atoms with Gasteiger partial charge in [0.15, 0.2) is 0 Å². The molecule has 0 bridgehead atoms. The molecule has 160 valence electrons. The fourth-order valence-electron chi connectivity index (χ4n) is 4.57. The molecule has 0 saturated carbocycles. The number of hydrogen-bond acceptors (Lipinski definition) is 3. The van der Waals surface area contributed by atoms with Crippen LogP contribution in [0, 0.1) is 11.8 Å². The summed E-state index contributed by atoms with van der Waals surface area (Å²) in [6, 6.07) is 7.71. The minimum atomic E-state index is -0.154. The second-order valence-corrected chi connectivity index (χ2v) is 9.52. The van der Waals surface area contributed by atoms with E-state index in [1.165, 1.54) is 6.42 Å². The summed E-state index contributed by atoms with van der Waals surface area (Å²) in [6.07, 6.45) is 2.81. The number of carbonyl (C=O) groups is 2. The van der Waals surface area contributed by atoms with Crippen LogP contribution in [0.5, 0.6) is 0 Å². The zero-order valence-corrected chi connectivity index (χ0v) is 18.3. The number of urea groups is 1. The molecular formula is C23H36N4O2. The maximum absolute atomic E-state index is 12.4. The molecule has 6 nitrogen and oxygen atoms in total. The number of likely N-dealkylation sites (tertiary alicyclic amines) is 1. The van der Waals surface area contributed by atoms with Gasteiger partial charge < -0.3 is 15.5 Å². The van der Waals surface area contributed by atoms with E-state index in [0.29, 0.717) is 31.3 Å². The van der Waals surface area contributed by atoms with Crippen LogP contribution in [-0.4, -0.2) is 48.6 Å². The summed E-state index contributed by atoms with van der Waals surface area (Å²) in [4.78, 5) is 28.6. The average molecular weight is 401 g/mol. The summed E-state index contributed by atoms with van der Waals surface area (Å²) in [6.45, 7) is 13.0. The van der Waals surface area contributed by atoms with E-state index < -0.39 is 0 Å². The zero-order valence-electron chi connectivity index (χ0n) is 18.3. The highest BCUT2D eigenvalue weighted by molar-refractivity contribution is 5.95. The smallest absolute Gasteiger partial charge is 0.315 e. The quantitative estimate of drug-likeness (QED) is 0.769. The molecule has 2 N–H and O–H groups in total. The summed E-state index contributed by atoms with van der Waals surface area (Å²) in [5.41, 5.74) is 1.84. The predicted molar refractivity (Wildman–Crippen MR) is 117 cm³/mol. The highest BCUT2D eigenvalue weighted by Gasteiger charge is 2.32. The van der Waals surface area contributed by atoms with E-state index in [4.69, 9.17) is 0 Å². The molecule has 0 aliphatic carbocycles. The van der Waals surface area contributed by atoms with Gasteiger partial charge in [-0.3, -0.25) is 9.69 Å². The molecule has 1 aromatic rings. The molecule has 0 spiro atoms. The number of nitrogens with zero attached hydrogens (tertiary/aromatic N) is 2. The molecule has 3 amide bonds. The summed E-state index contributed by atoms with van der Waals surface area (Å²) in [5.74, 6) is 1.57. The van der Waals surface area contributed by atoms with Crippen molar-refractivity contribution in [2.24, 2.45) is 11.8 Å². The summed E-state index contributed by atoms with van der Waals surface area (Å²) in [5, 5.41) is 5.99. The fraction of sp³-hybridized carbons (Fsp3) is 0.652. The Hall–Kier alpha value is -2.08. The first-order valence-corrected chi connectivity index (χ1v) is 10.9. The Balaban J connectivity index is 1.48. The number of benzene rings is 1. The fourth-order valence-corrected chi connectivity index (χ4v) is 4.57. The van der Waals surface area contributed by atoms with E-state index in [9.17, 15) is 9.59 Å². The van der Waals surface area contributed by atoms with E-state index in [-0.39, 0.29) is 17.5 Å². The van der Waals surface area contributed by atoms with Crippen molar-refractivity contribution in [2.75, 3.05) is 31.1 Å². The van der Waals surface area contributed by atoms with Crippen LogP contribution >= 0.6 is 0 Å². The number of carbonyl (C=O) groups excluding carboxylic acids is 2. The second-order valence-electron chi connectivity index (χ2n) is 9.52. The number of rotatable bonds is 6. The highest BCUT2D eigenvalue weighted by atomic mass is 16.2. The third-order valence-electron chi connectivity index (χ3n) is 6.16. The summed E-state index contributed by atoms with van der Waals surface area (Å²) < 4.78 is 0. The predicted octanol–water partition coefficient (Wildman–Crippen LogP) is 3.37. The molecular weight excluding hydrogens is 364 g/mol. The van der Waals surface area contributed by atoms with Crippen molar-refractivity contribution in [3.63, 3.8) is 0 Å². The van der Waals surface area contributed by atoms with Crippen LogP contribution in [0.15, 0.2) is 24.3 Å². The zero-order chi connectivity index (χ0) is 21.0. The standard InChI is InChI=1S/C23H36N4O2/c1-17-11-18(2)15-26(14-17)23(3,4)16-25-22(29)24-13-19-7-5-8-20(12-19)27-10-6-9-21(27)28/h5,7-8,12,17-18H,6,9-11,13-16H2,1-4H3,(H2,24,25,29). The van der Waals surface area contributed by atoms with Crippen LogP contribution in [0.25, 0.3) is 0 Å². The lowest BCUT2D eigenvalue weighted by Crippen LogP contribution is -2.56. The SMILES string of the molecule is CC1CC(C)CN(C(C)(C)CNC(=O)NCc2cccc(N3CCCC3=O)c2)C1. The number of hydrogen-bond donors (Lipinski definition) is 2. The van der Waals surface area contributed by atoms with Gasteiger partial charge in [0, 0.05) is 50.4 Å². The third-order valence-corrected chi connectivity index (χ3v) is 6.16. The normalized spacial score (nSPS) is 23.3. The van der Waals surface area contributed by atoms with Crippen LogP contribution in [-0.2, 0) is 11.3 Å².